The van der Waals surface area contributed by atoms with E-state index in [1.54, 1.807) is 24.3 Å². The number of thiophene rings is 1. The molecule has 3 rings (SSSR count). The maximum Gasteiger partial charge on any atom is 0.281 e. The summed E-state index contributed by atoms with van der Waals surface area (Å²) in [6.07, 6.45) is 0.229. The molecule has 0 aliphatic carbocycles. The van der Waals surface area contributed by atoms with Gasteiger partial charge < -0.3 is 5.11 Å². The van der Waals surface area contributed by atoms with Gasteiger partial charge in [-0.15, -0.1) is 11.3 Å². The van der Waals surface area contributed by atoms with Crippen LogP contribution in [-0.4, -0.2) is 20.7 Å². The Morgan fingerprint density at radius 1 is 1.33 bits per heavy atom. The van der Waals surface area contributed by atoms with Crippen molar-refractivity contribution in [3.8, 4) is 0 Å². The van der Waals surface area contributed by atoms with Gasteiger partial charge in [-0.25, -0.2) is 9.66 Å². The number of carbonyl (C=O) groups excluding carboxylic acids is 1. The Morgan fingerprint density at radius 2 is 2.04 bits per heavy atom. The molecule has 24 heavy (non-hydrogen) atoms. The zero-order valence-corrected chi connectivity index (χ0v) is 14.1. The predicted octanol–water partition coefficient (Wildman–Crippen LogP) is 2.27. The summed E-state index contributed by atoms with van der Waals surface area (Å²) in [5, 5.41) is 10.6. The third kappa shape index (κ3) is 3.08. The number of nitrogens with one attached hydrogen (secondary N) is 1. The van der Waals surface area contributed by atoms with Crippen LogP contribution in [0, 0.1) is 13.8 Å². The monoisotopic (exact) mass is 343 g/mol. The van der Waals surface area contributed by atoms with Gasteiger partial charge in [0.05, 0.1) is 17.9 Å². The Morgan fingerprint density at radius 3 is 2.75 bits per heavy atom. The number of hydrogen-bond acceptors (Lipinski definition) is 5. The molecule has 3 aromatic rings. The lowest BCUT2D eigenvalue weighted by Gasteiger charge is -2.12. The van der Waals surface area contributed by atoms with E-state index in [1.165, 1.54) is 17.7 Å². The molecular formula is C17H17N3O3S. The van der Waals surface area contributed by atoms with Crippen molar-refractivity contribution in [1.82, 2.24) is 9.66 Å². The van der Waals surface area contributed by atoms with Gasteiger partial charge in [0.2, 0.25) is 5.91 Å². The lowest BCUT2D eigenvalue weighted by molar-refractivity contribution is -0.119. The number of carbonyl (C=O) groups is 1. The van der Waals surface area contributed by atoms with Gasteiger partial charge in [0, 0.05) is 4.88 Å². The number of hydrogen-bond donors (Lipinski definition) is 2. The summed E-state index contributed by atoms with van der Waals surface area (Å²) in [6, 6.07) is 8.91. The average Bonchev–Trinajstić information content (AvgIpc) is 2.86. The molecule has 1 unspecified atom stereocenters. The van der Waals surface area contributed by atoms with Crippen molar-refractivity contribution in [3.63, 3.8) is 0 Å². The molecule has 0 fully saturated rings. The van der Waals surface area contributed by atoms with E-state index in [0.717, 1.165) is 15.1 Å². The maximum absolute atomic E-state index is 12.5. The lowest BCUT2D eigenvalue weighted by Crippen LogP contribution is -2.33. The first-order chi connectivity index (χ1) is 11.5. The van der Waals surface area contributed by atoms with E-state index in [4.69, 9.17) is 0 Å². The Kier molecular flexibility index (Phi) is 4.46. The van der Waals surface area contributed by atoms with Crippen molar-refractivity contribution < 1.29 is 9.90 Å². The Hall–Kier alpha value is -2.51. The number of aryl methyl sites for hydroxylation is 2. The fourth-order valence-corrected chi connectivity index (χ4v) is 3.45. The molecule has 124 valence electrons. The highest BCUT2D eigenvalue weighted by atomic mass is 32.1. The second-order valence-electron chi connectivity index (χ2n) is 5.55. The molecule has 0 saturated carbocycles. The summed E-state index contributed by atoms with van der Waals surface area (Å²) in [5.74, 6) is -0.459. The molecule has 0 saturated heterocycles. The van der Waals surface area contributed by atoms with Crippen LogP contribution in [0.3, 0.4) is 0 Å². The zero-order chi connectivity index (χ0) is 17.3. The number of amides is 1. The summed E-state index contributed by atoms with van der Waals surface area (Å²) in [6.45, 7) is 3.79. The molecule has 6 nitrogen and oxygen atoms in total. The van der Waals surface area contributed by atoms with Crippen LogP contribution in [0.1, 0.15) is 28.5 Å². The molecule has 2 N–H and O–H groups in total. The lowest BCUT2D eigenvalue weighted by atomic mass is 10.1. The van der Waals surface area contributed by atoms with Crippen LogP contribution in [-0.2, 0) is 4.79 Å². The highest BCUT2D eigenvalue weighted by molar-refractivity contribution is 7.18. The minimum atomic E-state index is -0.927. The number of aliphatic hydroxyl groups is 1. The van der Waals surface area contributed by atoms with Crippen LogP contribution in [0.15, 0.2) is 41.5 Å². The smallest absolute Gasteiger partial charge is 0.281 e. The van der Waals surface area contributed by atoms with Gasteiger partial charge in [0.15, 0.2) is 0 Å². The minimum Gasteiger partial charge on any atom is -0.388 e. The van der Waals surface area contributed by atoms with Gasteiger partial charge in [0.1, 0.15) is 11.2 Å². The summed E-state index contributed by atoms with van der Waals surface area (Å²) >= 11 is 1.45. The van der Waals surface area contributed by atoms with E-state index in [1.807, 2.05) is 19.9 Å². The van der Waals surface area contributed by atoms with E-state index in [9.17, 15) is 14.7 Å². The topological polar surface area (TPSA) is 84.2 Å². The van der Waals surface area contributed by atoms with E-state index in [2.05, 4.69) is 10.4 Å². The summed E-state index contributed by atoms with van der Waals surface area (Å²) in [5.41, 5.74) is 3.70. The fourth-order valence-electron chi connectivity index (χ4n) is 2.46. The van der Waals surface area contributed by atoms with Crippen LogP contribution < -0.4 is 11.0 Å². The third-order valence-corrected chi connectivity index (χ3v) is 5.01. The van der Waals surface area contributed by atoms with Crippen LogP contribution >= 0.6 is 11.3 Å². The highest BCUT2D eigenvalue weighted by Gasteiger charge is 2.16. The minimum absolute atomic E-state index is 0.143. The SMILES string of the molecule is Cc1sc2ncn(NC(=O)CC(O)c3ccccc3)c(=O)c2c1C. The molecule has 0 aliphatic rings. The van der Waals surface area contributed by atoms with Gasteiger partial charge in [-0.1, -0.05) is 30.3 Å². The first-order valence-corrected chi connectivity index (χ1v) is 8.29. The van der Waals surface area contributed by atoms with Crippen molar-refractivity contribution in [2.75, 3.05) is 5.43 Å². The molecule has 0 spiro atoms. The summed E-state index contributed by atoms with van der Waals surface area (Å²) < 4.78 is 1.07. The molecule has 2 aromatic heterocycles. The molecule has 0 bridgehead atoms. The quantitative estimate of drug-likeness (QED) is 0.761. The normalized spacial score (nSPS) is 12.3. The number of benzene rings is 1. The molecule has 0 aliphatic heterocycles. The predicted molar refractivity (Wildman–Crippen MR) is 93.7 cm³/mol. The van der Waals surface area contributed by atoms with Crippen LogP contribution in [0.4, 0.5) is 0 Å². The number of rotatable bonds is 4. The number of aliphatic hydroxyl groups excluding tert-OH is 1. The second kappa shape index (κ2) is 6.54. The molecule has 1 amide bonds. The Bertz CT molecular complexity index is 947. The number of nitrogens with zero attached hydrogens (tertiary/aromatic N) is 2. The summed E-state index contributed by atoms with van der Waals surface area (Å²) in [4.78, 5) is 30.5. The fraction of sp³-hybridized carbons (Fsp3) is 0.235. The van der Waals surface area contributed by atoms with E-state index >= 15 is 0 Å². The van der Waals surface area contributed by atoms with E-state index in [0.29, 0.717) is 15.8 Å². The Labute approximate surface area is 142 Å². The highest BCUT2D eigenvalue weighted by Crippen LogP contribution is 2.25. The summed E-state index contributed by atoms with van der Waals surface area (Å²) in [7, 11) is 0. The van der Waals surface area contributed by atoms with E-state index in [-0.39, 0.29) is 12.0 Å². The molecule has 0 radical (unpaired) electrons. The molecule has 2 heterocycles. The zero-order valence-electron chi connectivity index (χ0n) is 13.3. The van der Waals surface area contributed by atoms with Gasteiger partial charge in [-0.05, 0) is 25.0 Å². The van der Waals surface area contributed by atoms with Crippen molar-refractivity contribution in [3.05, 3.63) is 63.0 Å². The van der Waals surface area contributed by atoms with Crippen LogP contribution in [0.25, 0.3) is 10.2 Å². The Balaban J connectivity index is 1.80. The molecule has 1 atom stereocenters. The van der Waals surface area contributed by atoms with Crippen LogP contribution in [0.2, 0.25) is 0 Å². The maximum atomic E-state index is 12.5. The standard InChI is InChI=1S/C17H17N3O3S/c1-10-11(2)24-16-15(10)17(23)20(9-18-16)19-14(22)8-13(21)12-6-4-3-5-7-12/h3-7,9,13,21H,8H2,1-2H3,(H,19,22). The van der Waals surface area contributed by atoms with E-state index < -0.39 is 12.0 Å². The van der Waals surface area contributed by atoms with Crippen molar-refractivity contribution in [2.45, 2.75) is 26.4 Å². The third-order valence-electron chi connectivity index (χ3n) is 3.90. The van der Waals surface area contributed by atoms with Crippen LogP contribution in [0.5, 0.6) is 0 Å². The largest absolute Gasteiger partial charge is 0.388 e. The average molecular weight is 343 g/mol. The van der Waals surface area contributed by atoms with Crippen molar-refractivity contribution in [1.29, 1.82) is 0 Å². The molecule has 7 heteroatoms. The first kappa shape index (κ1) is 16.4. The number of aromatic nitrogens is 2. The van der Waals surface area contributed by atoms with Gasteiger partial charge in [0.25, 0.3) is 5.56 Å². The molecular weight excluding hydrogens is 326 g/mol. The first-order valence-electron chi connectivity index (χ1n) is 7.47. The van der Waals surface area contributed by atoms with Gasteiger partial charge >= 0.3 is 0 Å². The van der Waals surface area contributed by atoms with Gasteiger partial charge in [-0.3, -0.25) is 15.0 Å². The van der Waals surface area contributed by atoms with Gasteiger partial charge in [-0.2, -0.15) is 0 Å². The number of fused-ring (bicyclic) bond motifs is 1. The molecule has 1 aromatic carbocycles. The second-order valence-corrected chi connectivity index (χ2v) is 6.75. The van der Waals surface area contributed by atoms with Crippen molar-refractivity contribution >= 4 is 27.5 Å². The van der Waals surface area contributed by atoms with Crippen molar-refractivity contribution in [2.24, 2.45) is 0 Å².